The van der Waals surface area contributed by atoms with E-state index >= 15 is 0 Å². The van der Waals surface area contributed by atoms with Gasteiger partial charge in [-0.15, -0.1) is 0 Å². The summed E-state index contributed by atoms with van der Waals surface area (Å²) in [5.74, 6) is 0. The Bertz CT molecular complexity index is 499. The molecular weight excluding hydrogens is 242 g/mol. The van der Waals surface area contributed by atoms with E-state index in [4.69, 9.17) is 0 Å². The molecule has 0 aliphatic heterocycles. The summed E-state index contributed by atoms with van der Waals surface area (Å²) in [6.07, 6.45) is 1.75. The van der Waals surface area contributed by atoms with Gasteiger partial charge in [0.15, 0.2) is 0 Å². The summed E-state index contributed by atoms with van der Waals surface area (Å²) < 4.78 is 1.07. The zero-order chi connectivity index (χ0) is 9.76. The molecule has 1 aliphatic carbocycles. The van der Waals surface area contributed by atoms with Crippen LogP contribution in [0, 0.1) is 0 Å². The predicted octanol–water partition coefficient (Wildman–Crippen LogP) is 2.91. The molecule has 0 unspecified atom stereocenters. The number of H-pyrrole nitrogens is 1. The summed E-state index contributed by atoms with van der Waals surface area (Å²) in [6, 6.07) is 8.11. The first-order valence-corrected chi connectivity index (χ1v) is 5.48. The van der Waals surface area contributed by atoms with E-state index in [2.05, 4.69) is 27.0 Å². The minimum atomic E-state index is -0.564. The molecule has 2 nitrogen and oxygen atoms in total. The zero-order valence-corrected chi connectivity index (χ0v) is 9.13. The molecule has 1 saturated carbocycles. The normalized spacial score (nSPS) is 18.7. The fraction of sp³-hybridized carbons (Fsp3) is 0.273. The number of fused-ring (bicyclic) bond motifs is 1. The summed E-state index contributed by atoms with van der Waals surface area (Å²) >= 11 is 3.43. The van der Waals surface area contributed by atoms with Gasteiger partial charge in [-0.25, -0.2) is 0 Å². The van der Waals surface area contributed by atoms with Gasteiger partial charge in [0.05, 0.1) is 0 Å². The summed E-state index contributed by atoms with van der Waals surface area (Å²) in [7, 11) is 0. The van der Waals surface area contributed by atoms with Crippen molar-refractivity contribution in [2.45, 2.75) is 18.4 Å². The van der Waals surface area contributed by atoms with Crippen LogP contribution in [0.4, 0.5) is 0 Å². The van der Waals surface area contributed by atoms with Crippen LogP contribution in [0.15, 0.2) is 28.7 Å². The molecule has 14 heavy (non-hydrogen) atoms. The molecule has 72 valence electrons. The maximum absolute atomic E-state index is 9.93. The quantitative estimate of drug-likeness (QED) is 0.804. The largest absolute Gasteiger partial charge is 0.384 e. The second-order valence-corrected chi connectivity index (χ2v) is 4.86. The van der Waals surface area contributed by atoms with Crippen LogP contribution in [0.3, 0.4) is 0 Å². The average molecular weight is 252 g/mol. The van der Waals surface area contributed by atoms with Crippen molar-refractivity contribution in [2.75, 3.05) is 0 Å². The first-order valence-electron chi connectivity index (χ1n) is 4.69. The zero-order valence-electron chi connectivity index (χ0n) is 7.55. The van der Waals surface area contributed by atoms with Gasteiger partial charge in [0.25, 0.3) is 0 Å². The SMILES string of the molecule is OC1(c2cc3cc(Br)ccc3[nH]2)CC1. The maximum atomic E-state index is 9.93. The molecule has 1 aliphatic rings. The molecule has 0 bridgehead atoms. The Labute approximate surface area is 90.1 Å². The molecule has 0 amide bonds. The lowest BCUT2D eigenvalue weighted by Gasteiger charge is -2.01. The molecule has 3 rings (SSSR count). The number of benzene rings is 1. The second kappa shape index (κ2) is 2.61. The van der Waals surface area contributed by atoms with Crippen LogP contribution in [-0.4, -0.2) is 10.1 Å². The number of nitrogens with one attached hydrogen (secondary N) is 1. The summed E-state index contributed by atoms with van der Waals surface area (Å²) in [5.41, 5.74) is 1.47. The van der Waals surface area contributed by atoms with E-state index in [1.165, 1.54) is 0 Å². The van der Waals surface area contributed by atoms with Gasteiger partial charge < -0.3 is 10.1 Å². The van der Waals surface area contributed by atoms with Gasteiger partial charge in [0, 0.05) is 21.1 Å². The van der Waals surface area contributed by atoms with E-state index in [9.17, 15) is 5.11 Å². The fourth-order valence-corrected chi connectivity index (χ4v) is 2.12. The number of rotatable bonds is 1. The highest BCUT2D eigenvalue weighted by Crippen LogP contribution is 2.45. The number of aromatic nitrogens is 1. The van der Waals surface area contributed by atoms with Gasteiger partial charge in [0.1, 0.15) is 5.60 Å². The molecule has 2 aromatic rings. The van der Waals surface area contributed by atoms with Crippen molar-refractivity contribution < 1.29 is 5.11 Å². The number of hydrogen-bond donors (Lipinski definition) is 2. The monoisotopic (exact) mass is 251 g/mol. The third-order valence-corrected chi connectivity index (χ3v) is 3.30. The van der Waals surface area contributed by atoms with E-state index < -0.39 is 5.60 Å². The molecule has 1 fully saturated rings. The molecule has 0 atom stereocenters. The van der Waals surface area contributed by atoms with Crippen LogP contribution in [0.25, 0.3) is 10.9 Å². The molecule has 1 aromatic heterocycles. The molecule has 3 heteroatoms. The molecule has 2 N–H and O–H groups in total. The van der Waals surface area contributed by atoms with E-state index in [1.807, 2.05) is 18.2 Å². The van der Waals surface area contributed by atoms with Crippen LogP contribution >= 0.6 is 15.9 Å². The standard InChI is InChI=1S/C11H10BrNO/c12-8-1-2-9-7(5-8)6-10(13-9)11(14)3-4-11/h1-2,5-6,13-14H,3-4H2. The maximum Gasteiger partial charge on any atom is 0.105 e. The first-order chi connectivity index (χ1) is 6.67. The Balaban J connectivity index is 2.20. The van der Waals surface area contributed by atoms with Crippen LogP contribution < -0.4 is 0 Å². The Kier molecular flexibility index (Phi) is 1.59. The summed E-state index contributed by atoms with van der Waals surface area (Å²) in [4.78, 5) is 3.25. The number of aromatic amines is 1. The van der Waals surface area contributed by atoms with Gasteiger partial charge in [-0.2, -0.15) is 0 Å². The summed E-state index contributed by atoms with van der Waals surface area (Å²) in [6.45, 7) is 0. The predicted molar refractivity (Wildman–Crippen MR) is 59.1 cm³/mol. The van der Waals surface area contributed by atoms with E-state index in [1.54, 1.807) is 0 Å². The van der Waals surface area contributed by atoms with E-state index in [0.717, 1.165) is 33.9 Å². The number of aliphatic hydroxyl groups is 1. The third-order valence-electron chi connectivity index (χ3n) is 2.81. The van der Waals surface area contributed by atoms with Crippen molar-refractivity contribution in [1.29, 1.82) is 0 Å². The molecule has 1 aromatic carbocycles. The molecular formula is C11H10BrNO. The lowest BCUT2D eigenvalue weighted by atomic mass is 10.2. The molecule has 0 spiro atoms. The van der Waals surface area contributed by atoms with Gasteiger partial charge in [0.2, 0.25) is 0 Å². The van der Waals surface area contributed by atoms with Gasteiger partial charge in [-0.3, -0.25) is 0 Å². The lowest BCUT2D eigenvalue weighted by molar-refractivity contribution is 0.147. The van der Waals surface area contributed by atoms with Crippen LogP contribution in [-0.2, 0) is 5.60 Å². The highest BCUT2D eigenvalue weighted by molar-refractivity contribution is 9.10. The third kappa shape index (κ3) is 1.20. The number of hydrogen-bond acceptors (Lipinski definition) is 1. The minimum Gasteiger partial charge on any atom is -0.384 e. The Hall–Kier alpha value is -0.800. The van der Waals surface area contributed by atoms with Gasteiger partial charge in [-0.05, 0) is 37.1 Å². The minimum absolute atomic E-state index is 0.564. The van der Waals surface area contributed by atoms with Crippen LogP contribution in [0.2, 0.25) is 0 Å². The Morgan fingerprint density at radius 2 is 2.07 bits per heavy atom. The highest BCUT2D eigenvalue weighted by atomic mass is 79.9. The Morgan fingerprint density at radius 1 is 1.29 bits per heavy atom. The van der Waals surface area contributed by atoms with Crippen molar-refractivity contribution in [1.82, 2.24) is 4.98 Å². The lowest BCUT2D eigenvalue weighted by Crippen LogP contribution is -2.03. The average Bonchev–Trinajstić information content (AvgIpc) is 2.77. The van der Waals surface area contributed by atoms with Crippen molar-refractivity contribution >= 4 is 26.8 Å². The van der Waals surface area contributed by atoms with Gasteiger partial charge in [-0.1, -0.05) is 15.9 Å². The van der Waals surface area contributed by atoms with Crippen molar-refractivity contribution in [2.24, 2.45) is 0 Å². The second-order valence-electron chi connectivity index (χ2n) is 3.95. The van der Waals surface area contributed by atoms with Crippen molar-refractivity contribution in [3.63, 3.8) is 0 Å². The van der Waals surface area contributed by atoms with Gasteiger partial charge >= 0.3 is 0 Å². The fourth-order valence-electron chi connectivity index (χ4n) is 1.74. The van der Waals surface area contributed by atoms with Crippen molar-refractivity contribution in [3.05, 3.63) is 34.4 Å². The smallest absolute Gasteiger partial charge is 0.105 e. The highest BCUT2D eigenvalue weighted by Gasteiger charge is 2.43. The van der Waals surface area contributed by atoms with Crippen LogP contribution in [0.5, 0.6) is 0 Å². The molecule has 1 heterocycles. The Morgan fingerprint density at radius 3 is 2.79 bits per heavy atom. The van der Waals surface area contributed by atoms with Crippen molar-refractivity contribution in [3.8, 4) is 0 Å². The number of halogens is 1. The summed E-state index contributed by atoms with van der Waals surface area (Å²) in [5, 5.41) is 11.1. The molecule has 0 radical (unpaired) electrons. The van der Waals surface area contributed by atoms with E-state index in [-0.39, 0.29) is 0 Å². The van der Waals surface area contributed by atoms with E-state index in [0.29, 0.717) is 0 Å². The first kappa shape index (κ1) is 8.50. The molecule has 0 saturated heterocycles. The topological polar surface area (TPSA) is 36.0 Å². The van der Waals surface area contributed by atoms with Crippen LogP contribution in [0.1, 0.15) is 18.5 Å².